The molecule has 1 aromatic carbocycles. The van der Waals surface area contributed by atoms with Gasteiger partial charge in [0.05, 0.1) is 17.1 Å². The van der Waals surface area contributed by atoms with Gasteiger partial charge in [-0.05, 0) is 36.0 Å². The topological polar surface area (TPSA) is 89.7 Å². The molecule has 1 amide bonds. The van der Waals surface area contributed by atoms with Crippen LogP contribution in [0.1, 0.15) is 30.6 Å². The van der Waals surface area contributed by atoms with Crippen molar-refractivity contribution in [1.82, 2.24) is 4.90 Å². The van der Waals surface area contributed by atoms with Gasteiger partial charge in [0.1, 0.15) is 5.82 Å². The van der Waals surface area contributed by atoms with E-state index in [-0.39, 0.29) is 27.2 Å². The molecule has 2 aliphatic rings. The van der Waals surface area contributed by atoms with E-state index in [1.165, 1.54) is 0 Å². The fraction of sp³-hybridized carbons (Fsp3) is 0.588. The van der Waals surface area contributed by atoms with Crippen molar-refractivity contribution in [3.8, 4) is 0 Å². The molecule has 0 aromatic heterocycles. The van der Waals surface area contributed by atoms with Crippen molar-refractivity contribution in [3.05, 3.63) is 29.6 Å². The third-order valence-corrected chi connectivity index (χ3v) is 6.53. The van der Waals surface area contributed by atoms with Crippen molar-refractivity contribution in [1.29, 1.82) is 0 Å². The highest BCUT2D eigenvalue weighted by atomic mass is 32.2. The zero-order valence-electron chi connectivity index (χ0n) is 14.6. The lowest BCUT2D eigenvalue weighted by Crippen LogP contribution is -2.55. The van der Waals surface area contributed by atoms with Crippen molar-refractivity contribution >= 4 is 15.9 Å². The van der Waals surface area contributed by atoms with Crippen LogP contribution < -0.4 is 5.14 Å². The summed E-state index contributed by atoms with van der Waals surface area (Å²) in [6.07, 6.45) is 0.933. The molecule has 2 N–H and O–H groups in total. The van der Waals surface area contributed by atoms with Crippen molar-refractivity contribution in [2.24, 2.45) is 21.9 Å². The second kappa shape index (κ2) is 5.75. The van der Waals surface area contributed by atoms with Crippen LogP contribution in [0, 0.1) is 22.6 Å². The van der Waals surface area contributed by atoms with Gasteiger partial charge in [0.2, 0.25) is 10.0 Å². The minimum absolute atomic E-state index is 0.0918. The maximum absolute atomic E-state index is 14.2. The Morgan fingerprint density at radius 2 is 2.12 bits per heavy atom. The van der Waals surface area contributed by atoms with Gasteiger partial charge in [0.15, 0.2) is 0 Å². The third-order valence-electron chi connectivity index (χ3n) is 5.61. The summed E-state index contributed by atoms with van der Waals surface area (Å²) in [7, 11) is -2.37. The van der Waals surface area contributed by atoms with E-state index in [4.69, 9.17) is 9.88 Å². The monoisotopic (exact) mass is 370 g/mol. The first kappa shape index (κ1) is 18.3. The van der Waals surface area contributed by atoms with Crippen LogP contribution in [0.4, 0.5) is 4.39 Å². The highest BCUT2D eigenvalue weighted by Gasteiger charge is 2.63. The molecule has 138 valence electrons. The Balaban J connectivity index is 1.90. The molecule has 1 saturated carbocycles. The van der Waals surface area contributed by atoms with Crippen LogP contribution in [0.3, 0.4) is 0 Å². The van der Waals surface area contributed by atoms with E-state index in [0.717, 1.165) is 24.6 Å². The third kappa shape index (κ3) is 2.96. The van der Waals surface area contributed by atoms with E-state index in [2.05, 4.69) is 13.8 Å². The minimum atomic E-state index is -4.00. The van der Waals surface area contributed by atoms with E-state index in [1.54, 1.807) is 12.0 Å². The average Bonchev–Trinajstić information content (AvgIpc) is 2.81. The van der Waals surface area contributed by atoms with Crippen molar-refractivity contribution in [2.75, 3.05) is 26.8 Å². The van der Waals surface area contributed by atoms with Gasteiger partial charge in [-0.1, -0.05) is 13.8 Å². The highest BCUT2D eigenvalue weighted by Crippen LogP contribution is 2.62. The highest BCUT2D eigenvalue weighted by molar-refractivity contribution is 7.89. The number of hydrogen-bond acceptors (Lipinski definition) is 4. The van der Waals surface area contributed by atoms with Gasteiger partial charge in [-0.3, -0.25) is 4.79 Å². The molecule has 1 heterocycles. The maximum Gasteiger partial charge on any atom is 0.256 e. The van der Waals surface area contributed by atoms with Crippen molar-refractivity contribution in [3.63, 3.8) is 0 Å². The second-order valence-corrected chi connectivity index (χ2v) is 9.45. The Kier molecular flexibility index (Phi) is 4.21. The number of nitrogens with zero attached hydrogens (tertiary/aromatic N) is 1. The molecule has 0 spiro atoms. The van der Waals surface area contributed by atoms with Gasteiger partial charge in [-0.15, -0.1) is 0 Å². The molecule has 2 fully saturated rings. The standard InChI is InChI=1S/C17H23FN2O4S/c1-16(2)8-17(10-24-3)9-20(7-14(16)17)15(21)12-6-11(25(19,22)23)4-5-13(12)18/h4-6,14H,7-10H2,1-3H3,(H2,19,22,23)/t14-,17-/m1/s1. The van der Waals surface area contributed by atoms with Gasteiger partial charge < -0.3 is 9.64 Å². The van der Waals surface area contributed by atoms with Gasteiger partial charge in [0, 0.05) is 25.6 Å². The van der Waals surface area contributed by atoms with Crippen LogP contribution in [0.15, 0.2) is 23.1 Å². The fourth-order valence-corrected chi connectivity index (χ4v) is 5.32. The molecule has 1 aliphatic carbocycles. The lowest BCUT2D eigenvalue weighted by atomic mass is 9.48. The van der Waals surface area contributed by atoms with Crippen molar-refractivity contribution < 1.29 is 22.3 Å². The van der Waals surface area contributed by atoms with E-state index < -0.39 is 21.7 Å². The lowest BCUT2D eigenvalue weighted by molar-refractivity contribution is -0.107. The predicted octanol–water partition coefficient (Wildman–Crippen LogP) is 1.61. The first-order valence-electron chi connectivity index (χ1n) is 8.11. The SMILES string of the molecule is COC[C@@]12CN(C(=O)c3cc(S(N)(=O)=O)ccc3F)C[C@@H]1C(C)(C)C2. The molecule has 2 atom stereocenters. The quantitative estimate of drug-likeness (QED) is 0.872. The van der Waals surface area contributed by atoms with Gasteiger partial charge >= 0.3 is 0 Å². The Morgan fingerprint density at radius 1 is 1.44 bits per heavy atom. The van der Waals surface area contributed by atoms with Crippen LogP contribution in [-0.2, 0) is 14.8 Å². The summed E-state index contributed by atoms with van der Waals surface area (Å²) < 4.78 is 42.5. The molecule has 6 nitrogen and oxygen atoms in total. The largest absolute Gasteiger partial charge is 0.384 e. The molecule has 8 heteroatoms. The van der Waals surface area contributed by atoms with Crippen LogP contribution >= 0.6 is 0 Å². The minimum Gasteiger partial charge on any atom is -0.384 e. The number of ether oxygens (including phenoxy) is 1. The second-order valence-electron chi connectivity index (χ2n) is 7.89. The Bertz CT molecular complexity index is 824. The van der Waals surface area contributed by atoms with E-state index in [9.17, 15) is 17.6 Å². The number of hydrogen-bond donors (Lipinski definition) is 1. The first-order chi connectivity index (χ1) is 11.5. The number of benzene rings is 1. The molecule has 0 bridgehead atoms. The van der Waals surface area contributed by atoms with Crippen LogP contribution in [0.2, 0.25) is 0 Å². The van der Waals surface area contributed by atoms with E-state index in [0.29, 0.717) is 19.7 Å². The summed E-state index contributed by atoms with van der Waals surface area (Å²) in [6, 6.07) is 3.04. The number of methoxy groups -OCH3 is 1. The summed E-state index contributed by atoms with van der Waals surface area (Å²) in [5, 5.41) is 5.09. The molecule has 1 aliphatic heterocycles. The Morgan fingerprint density at radius 3 is 2.68 bits per heavy atom. The lowest BCUT2D eigenvalue weighted by Gasteiger charge is -2.56. The van der Waals surface area contributed by atoms with Crippen molar-refractivity contribution in [2.45, 2.75) is 25.2 Å². The predicted molar refractivity (Wildman–Crippen MR) is 89.9 cm³/mol. The molecule has 0 radical (unpaired) electrons. The number of sulfonamides is 1. The fourth-order valence-electron chi connectivity index (χ4n) is 4.78. The number of halogens is 1. The average molecular weight is 370 g/mol. The smallest absolute Gasteiger partial charge is 0.256 e. The number of carbonyl (C=O) groups is 1. The summed E-state index contributed by atoms with van der Waals surface area (Å²) in [4.78, 5) is 14.2. The number of rotatable bonds is 4. The van der Waals surface area contributed by atoms with Gasteiger partial charge in [-0.25, -0.2) is 17.9 Å². The number of carbonyl (C=O) groups excluding carboxylic acids is 1. The maximum atomic E-state index is 14.2. The van der Waals surface area contributed by atoms with Crippen LogP contribution in [0.25, 0.3) is 0 Å². The van der Waals surface area contributed by atoms with Gasteiger partial charge in [-0.2, -0.15) is 0 Å². The summed E-state index contributed by atoms with van der Waals surface area (Å²) in [5.74, 6) is -0.992. The van der Waals surface area contributed by atoms with E-state index >= 15 is 0 Å². The summed E-state index contributed by atoms with van der Waals surface area (Å²) >= 11 is 0. The van der Waals surface area contributed by atoms with Crippen LogP contribution in [-0.4, -0.2) is 46.0 Å². The molecular formula is C17H23FN2O4S. The number of amides is 1. The molecule has 1 aromatic rings. The number of likely N-dealkylation sites (tertiary alicyclic amines) is 1. The summed E-state index contributed by atoms with van der Waals surface area (Å²) in [5.41, 5.74) is -0.283. The number of primary sulfonamides is 1. The Labute approximate surface area is 147 Å². The van der Waals surface area contributed by atoms with Crippen LogP contribution in [0.5, 0.6) is 0 Å². The first-order valence-corrected chi connectivity index (χ1v) is 9.65. The zero-order chi connectivity index (χ0) is 18.6. The Hall–Kier alpha value is -1.51. The number of fused-ring (bicyclic) bond motifs is 1. The molecule has 3 rings (SSSR count). The summed E-state index contributed by atoms with van der Waals surface area (Å²) in [6.45, 7) is 5.84. The molecule has 25 heavy (non-hydrogen) atoms. The van der Waals surface area contributed by atoms with Gasteiger partial charge in [0.25, 0.3) is 5.91 Å². The zero-order valence-corrected chi connectivity index (χ0v) is 15.4. The van der Waals surface area contributed by atoms with E-state index in [1.807, 2.05) is 0 Å². The normalized spacial score (nSPS) is 27.7. The molecular weight excluding hydrogens is 347 g/mol. The molecule has 0 unspecified atom stereocenters. The molecule has 1 saturated heterocycles. The number of nitrogens with two attached hydrogens (primary N) is 1.